The highest BCUT2D eigenvalue weighted by Gasteiger charge is 2.14. The molecule has 4 rings (SSSR count). The lowest BCUT2D eigenvalue weighted by molar-refractivity contribution is 0.474. The van der Waals surface area contributed by atoms with Crippen LogP contribution in [0.4, 0.5) is 0 Å². The third-order valence-corrected chi connectivity index (χ3v) is 5.43. The topological polar surface area (TPSA) is 55.1 Å². The van der Waals surface area contributed by atoms with Gasteiger partial charge in [-0.1, -0.05) is 36.4 Å². The summed E-state index contributed by atoms with van der Waals surface area (Å²) in [5.74, 6) is 0.717. The Kier molecular flexibility index (Phi) is 4.38. The number of phenolic OH excluding ortho intramolecular Hbond substituents is 1. The Labute approximate surface area is 160 Å². The van der Waals surface area contributed by atoms with Gasteiger partial charge < -0.3 is 5.11 Å². The molecule has 1 N–H and O–H groups in total. The van der Waals surface area contributed by atoms with Crippen LogP contribution >= 0.6 is 11.3 Å². The Morgan fingerprint density at radius 3 is 2.56 bits per heavy atom. The molecule has 27 heavy (non-hydrogen) atoms. The number of aromatic nitrogens is 2. The van der Waals surface area contributed by atoms with Gasteiger partial charge in [0.1, 0.15) is 16.3 Å². The molecule has 0 unspecified atom stereocenters. The van der Waals surface area contributed by atoms with Crippen LogP contribution in [-0.4, -0.2) is 14.7 Å². The summed E-state index contributed by atoms with van der Waals surface area (Å²) in [7, 11) is 0. The highest BCUT2D eigenvalue weighted by molar-refractivity contribution is 7.18. The first-order valence-corrected chi connectivity index (χ1v) is 9.41. The summed E-state index contributed by atoms with van der Waals surface area (Å²) < 4.78 is 2.29. The van der Waals surface area contributed by atoms with E-state index >= 15 is 0 Å². The predicted molar refractivity (Wildman–Crippen MR) is 112 cm³/mol. The SMILES string of the molecule is Cc1cc2nc(C=Cc3ccccc3O)n(-c3ccccc3C)c(=O)c2s1. The predicted octanol–water partition coefficient (Wildman–Crippen LogP) is 4.94. The zero-order valence-electron chi connectivity index (χ0n) is 15.0. The van der Waals surface area contributed by atoms with Crippen molar-refractivity contribution in [3.63, 3.8) is 0 Å². The summed E-state index contributed by atoms with van der Waals surface area (Å²) in [5.41, 5.74) is 3.09. The standard InChI is InChI=1S/C22H18N2O2S/c1-14-7-3-5-9-18(14)24-20(12-11-16-8-4-6-10-19(16)25)23-17-13-15(2)27-21(17)22(24)26/h3-13,25H,1-2H3. The third-order valence-electron chi connectivity index (χ3n) is 4.40. The molecular weight excluding hydrogens is 356 g/mol. The molecule has 0 saturated heterocycles. The normalized spacial score (nSPS) is 11.5. The van der Waals surface area contributed by atoms with Gasteiger partial charge in [-0.15, -0.1) is 11.3 Å². The number of para-hydroxylation sites is 2. The molecule has 2 heterocycles. The van der Waals surface area contributed by atoms with Crippen LogP contribution in [-0.2, 0) is 0 Å². The number of hydrogen-bond acceptors (Lipinski definition) is 4. The Balaban J connectivity index is 1.98. The Hall–Kier alpha value is -3.18. The zero-order valence-corrected chi connectivity index (χ0v) is 15.8. The molecule has 0 aliphatic carbocycles. The first-order chi connectivity index (χ1) is 13.0. The smallest absolute Gasteiger partial charge is 0.276 e. The van der Waals surface area contributed by atoms with Crippen LogP contribution in [0.25, 0.3) is 28.1 Å². The van der Waals surface area contributed by atoms with Gasteiger partial charge >= 0.3 is 0 Å². The number of aromatic hydroxyl groups is 1. The van der Waals surface area contributed by atoms with E-state index in [9.17, 15) is 9.90 Å². The number of fused-ring (bicyclic) bond motifs is 1. The third kappa shape index (κ3) is 3.17. The molecule has 4 nitrogen and oxygen atoms in total. The van der Waals surface area contributed by atoms with Crippen molar-refractivity contribution in [3.05, 3.63) is 86.8 Å². The number of hydrogen-bond donors (Lipinski definition) is 1. The maximum atomic E-state index is 13.2. The van der Waals surface area contributed by atoms with E-state index in [0.29, 0.717) is 21.6 Å². The monoisotopic (exact) mass is 374 g/mol. The van der Waals surface area contributed by atoms with Crippen LogP contribution < -0.4 is 5.56 Å². The zero-order chi connectivity index (χ0) is 19.0. The molecule has 2 aromatic carbocycles. The van der Waals surface area contributed by atoms with Crippen molar-refractivity contribution in [1.82, 2.24) is 9.55 Å². The minimum atomic E-state index is -0.0793. The highest BCUT2D eigenvalue weighted by Crippen LogP contribution is 2.24. The largest absolute Gasteiger partial charge is 0.507 e. The van der Waals surface area contributed by atoms with Gasteiger partial charge in [0.2, 0.25) is 0 Å². The van der Waals surface area contributed by atoms with E-state index < -0.39 is 0 Å². The summed E-state index contributed by atoms with van der Waals surface area (Å²) in [4.78, 5) is 19.0. The van der Waals surface area contributed by atoms with Crippen molar-refractivity contribution in [3.8, 4) is 11.4 Å². The average Bonchev–Trinajstić information content (AvgIpc) is 3.03. The number of phenols is 1. The number of nitrogens with zero attached hydrogens (tertiary/aromatic N) is 2. The second-order valence-electron chi connectivity index (χ2n) is 6.36. The molecule has 0 amide bonds. The fourth-order valence-corrected chi connectivity index (χ4v) is 3.95. The maximum absolute atomic E-state index is 13.2. The highest BCUT2D eigenvalue weighted by atomic mass is 32.1. The van der Waals surface area contributed by atoms with Gasteiger partial charge in [0, 0.05) is 10.4 Å². The number of thiophene rings is 1. The lowest BCUT2D eigenvalue weighted by atomic mass is 10.1. The number of benzene rings is 2. The second kappa shape index (κ2) is 6.85. The molecule has 4 aromatic rings. The van der Waals surface area contributed by atoms with Crippen LogP contribution in [0.3, 0.4) is 0 Å². The number of rotatable bonds is 3. The van der Waals surface area contributed by atoms with Crippen LogP contribution in [0.5, 0.6) is 5.75 Å². The molecule has 0 saturated carbocycles. The van der Waals surface area contributed by atoms with E-state index in [2.05, 4.69) is 0 Å². The second-order valence-corrected chi connectivity index (χ2v) is 7.62. The van der Waals surface area contributed by atoms with E-state index in [-0.39, 0.29) is 11.3 Å². The van der Waals surface area contributed by atoms with E-state index in [4.69, 9.17) is 4.98 Å². The van der Waals surface area contributed by atoms with Gasteiger partial charge in [0.25, 0.3) is 5.56 Å². The van der Waals surface area contributed by atoms with E-state index in [1.54, 1.807) is 28.9 Å². The minimum absolute atomic E-state index is 0.0793. The lowest BCUT2D eigenvalue weighted by Crippen LogP contribution is -2.22. The van der Waals surface area contributed by atoms with Crippen LogP contribution in [0.2, 0.25) is 0 Å². The fourth-order valence-electron chi connectivity index (χ4n) is 3.07. The Morgan fingerprint density at radius 2 is 1.78 bits per heavy atom. The molecule has 0 bridgehead atoms. The van der Waals surface area contributed by atoms with Gasteiger partial charge in [-0.2, -0.15) is 0 Å². The Bertz CT molecular complexity index is 1230. The van der Waals surface area contributed by atoms with Crippen LogP contribution in [0.15, 0.2) is 59.4 Å². The van der Waals surface area contributed by atoms with Gasteiger partial charge in [-0.25, -0.2) is 4.98 Å². The summed E-state index contributed by atoms with van der Waals surface area (Å²) in [5, 5.41) is 10.0. The first kappa shape index (κ1) is 17.2. The van der Waals surface area contributed by atoms with Gasteiger partial charge in [-0.05, 0) is 49.8 Å². The van der Waals surface area contributed by atoms with E-state index in [1.165, 1.54) is 11.3 Å². The van der Waals surface area contributed by atoms with Crippen molar-refractivity contribution in [1.29, 1.82) is 0 Å². The molecule has 134 valence electrons. The van der Waals surface area contributed by atoms with Crippen molar-refractivity contribution >= 4 is 33.7 Å². The summed E-state index contributed by atoms with van der Waals surface area (Å²) in [6.45, 7) is 3.95. The number of aryl methyl sites for hydroxylation is 2. The van der Waals surface area contributed by atoms with Gasteiger partial charge in [-0.3, -0.25) is 9.36 Å². The quantitative estimate of drug-likeness (QED) is 0.553. The van der Waals surface area contributed by atoms with Crippen molar-refractivity contribution in [2.24, 2.45) is 0 Å². The average molecular weight is 374 g/mol. The van der Waals surface area contributed by atoms with E-state index in [0.717, 1.165) is 16.1 Å². The molecule has 2 aromatic heterocycles. The summed E-state index contributed by atoms with van der Waals surface area (Å²) in [6, 6.07) is 16.8. The molecule has 0 radical (unpaired) electrons. The maximum Gasteiger partial charge on any atom is 0.276 e. The van der Waals surface area contributed by atoms with Crippen molar-refractivity contribution in [2.45, 2.75) is 13.8 Å². The first-order valence-electron chi connectivity index (χ1n) is 8.60. The molecule has 5 heteroatoms. The van der Waals surface area contributed by atoms with E-state index in [1.807, 2.05) is 56.3 Å². The van der Waals surface area contributed by atoms with Crippen LogP contribution in [0.1, 0.15) is 21.8 Å². The minimum Gasteiger partial charge on any atom is -0.507 e. The fraction of sp³-hybridized carbons (Fsp3) is 0.0909. The molecule has 0 fully saturated rings. The Morgan fingerprint density at radius 1 is 1.04 bits per heavy atom. The van der Waals surface area contributed by atoms with Crippen molar-refractivity contribution < 1.29 is 5.11 Å². The summed E-state index contributed by atoms with van der Waals surface area (Å²) in [6.07, 6.45) is 3.55. The molecular formula is C22H18N2O2S. The van der Waals surface area contributed by atoms with Crippen molar-refractivity contribution in [2.75, 3.05) is 0 Å². The molecule has 0 aliphatic heterocycles. The van der Waals surface area contributed by atoms with Gasteiger partial charge in [0.05, 0.1) is 11.2 Å². The molecule has 0 spiro atoms. The lowest BCUT2D eigenvalue weighted by Gasteiger charge is -2.12. The molecule has 0 aliphatic rings. The van der Waals surface area contributed by atoms with Gasteiger partial charge in [0.15, 0.2) is 0 Å². The summed E-state index contributed by atoms with van der Waals surface area (Å²) >= 11 is 1.46. The molecule has 0 atom stereocenters. The van der Waals surface area contributed by atoms with Crippen LogP contribution in [0, 0.1) is 13.8 Å².